The highest BCUT2D eigenvalue weighted by Gasteiger charge is 2.17. The Hall–Kier alpha value is -3.84. The number of hydrogen-bond donors (Lipinski definition) is 2. The molecule has 0 unspecified atom stereocenters. The van der Waals surface area contributed by atoms with E-state index >= 15 is 0 Å². The van der Waals surface area contributed by atoms with Gasteiger partial charge < -0.3 is 5.11 Å². The molecule has 7 heteroatoms. The lowest BCUT2D eigenvalue weighted by molar-refractivity contribution is 0.0952. The normalized spacial score (nSPS) is 11.1. The van der Waals surface area contributed by atoms with E-state index in [0.717, 1.165) is 26.9 Å². The number of aromatic nitrogens is 2. The van der Waals surface area contributed by atoms with Crippen molar-refractivity contribution in [3.05, 3.63) is 101 Å². The van der Waals surface area contributed by atoms with Gasteiger partial charge in [0.2, 0.25) is 0 Å². The molecule has 0 saturated carbocycles. The van der Waals surface area contributed by atoms with E-state index in [2.05, 4.69) is 41.7 Å². The minimum Gasteiger partial charge on any atom is -0.507 e. The fraction of sp³-hybridized carbons (Fsp3) is 0.0800. The number of rotatable bonds is 6. The van der Waals surface area contributed by atoms with Gasteiger partial charge in [0.1, 0.15) is 10.8 Å². The Bertz CT molecular complexity index is 1270. The molecule has 2 N–H and O–H groups in total. The molecule has 160 valence electrons. The molecule has 6 nitrogen and oxygen atoms in total. The summed E-state index contributed by atoms with van der Waals surface area (Å²) in [6.45, 7) is 3.96. The quantitative estimate of drug-likeness (QED) is 0.321. The third-order valence-corrected chi connectivity index (χ3v) is 5.90. The van der Waals surface area contributed by atoms with Gasteiger partial charge in [0.25, 0.3) is 5.91 Å². The average Bonchev–Trinajstić information content (AvgIpc) is 3.11. The molecule has 1 amide bonds. The number of nitrogens with one attached hydrogen (secondary N) is 1. The number of hydrogen-bond acceptors (Lipinski definition) is 5. The molecule has 0 aliphatic heterocycles. The van der Waals surface area contributed by atoms with Crippen LogP contribution in [0.3, 0.4) is 0 Å². The minimum absolute atomic E-state index is 0.0936. The topological polar surface area (TPSA) is 79.5 Å². The number of amides is 1. The average molecular weight is 443 g/mol. The fourth-order valence-corrected chi connectivity index (χ4v) is 4.15. The summed E-state index contributed by atoms with van der Waals surface area (Å²) < 4.78 is 1.88. The number of nitrogens with zero attached hydrogens (tertiary/aromatic N) is 3. The highest BCUT2D eigenvalue weighted by molar-refractivity contribution is 7.99. The van der Waals surface area contributed by atoms with Crippen LogP contribution in [0, 0.1) is 13.8 Å². The maximum Gasteiger partial charge on any atom is 0.275 e. The molecule has 32 heavy (non-hydrogen) atoms. The molecule has 0 saturated heterocycles. The van der Waals surface area contributed by atoms with Crippen LogP contribution in [0.25, 0.3) is 5.69 Å². The van der Waals surface area contributed by atoms with Gasteiger partial charge in [-0.25, -0.2) is 10.1 Å². The van der Waals surface area contributed by atoms with Gasteiger partial charge in [-0.2, -0.15) is 10.2 Å². The van der Waals surface area contributed by atoms with Crippen LogP contribution in [-0.4, -0.2) is 27.0 Å². The van der Waals surface area contributed by atoms with E-state index in [9.17, 15) is 9.90 Å². The van der Waals surface area contributed by atoms with E-state index in [4.69, 9.17) is 5.10 Å². The second-order valence-electron chi connectivity index (χ2n) is 7.18. The first-order valence-electron chi connectivity index (χ1n) is 10.0. The Balaban J connectivity index is 1.67. The Labute approximate surface area is 190 Å². The van der Waals surface area contributed by atoms with Crippen LogP contribution in [-0.2, 0) is 0 Å². The van der Waals surface area contributed by atoms with Gasteiger partial charge in [-0.15, -0.1) is 0 Å². The molecule has 0 atom stereocenters. The molecule has 1 heterocycles. The number of para-hydroxylation sites is 2. The van der Waals surface area contributed by atoms with Crippen LogP contribution in [0.4, 0.5) is 0 Å². The molecule has 4 rings (SSSR count). The largest absolute Gasteiger partial charge is 0.507 e. The van der Waals surface area contributed by atoms with E-state index in [1.54, 1.807) is 30.1 Å². The number of phenols is 1. The van der Waals surface area contributed by atoms with Crippen molar-refractivity contribution in [3.8, 4) is 11.4 Å². The predicted molar refractivity (Wildman–Crippen MR) is 127 cm³/mol. The molecule has 0 radical (unpaired) electrons. The standard InChI is InChI=1S/C25H22N4O2S/c1-17-12-14-20(15-13-17)32-25-22(18(2)28-29(25)19-8-4-3-5-9-19)16-26-27-24(31)21-10-6-7-11-23(21)30/h3-16,30H,1-2H3,(H,27,31)/b26-16-. The number of aryl methyl sites for hydroxylation is 2. The molecule has 0 aliphatic rings. The molecule has 0 fully saturated rings. The number of aromatic hydroxyl groups is 1. The molecule has 3 aromatic carbocycles. The zero-order chi connectivity index (χ0) is 22.5. The van der Waals surface area contributed by atoms with Crippen LogP contribution >= 0.6 is 11.8 Å². The third kappa shape index (κ3) is 4.73. The summed E-state index contributed by atoms with van der Waals surface area (Å²) in [6, 6.07) is 24.5. The first kappa shape index (κ1) is 21.4. The fourth-order valence-electron chi connectivity index (χ4n) is 3.11. The number of phenolic OH excluding ortho intramolecular Hbond substituents is 1. The summed E-state index contributed by atoms with van der Waals surface area (Å²) >= 11 is 1.58. The highest BCUT2D eigenvalue weighted by atomic mass is 32.2. The Morgan fingerprint density at radius 1 is 1.00 bits per heavy atom. The lowest BCUT2D eigenvalue weighted by Crippen LogP contribution is -2.17. The van der Waals surface area contributed by atoms with Crippen molar-refractivity contribution in [3.63, 3.8) is 0 Å². The predicted octanol–water partition coefficient (Wildman–Crippen LogP) is 5.11. The Morgan fingerprint density at radius 3 is 2.41 bits per heavy atom. The second-order valence-corrected chi connectivity index (χ2v) is 8.25. The van der Waals surface area contributed by atoms with Crippen LogP contribution in [0.5, 0.6) is 5.75 Å². The molecule has 1 aromatic heterocycles. The number of hydrazone groups is 1. The summed E-state index contributed by atoms with van der Waals surface area (Å²) in [5.74, 6) is -0.580. The number of carbonyl (C=O) groups is 1. The van der Waals surface area contributed by atoms with Crippen molar-refractivity contribution < 1.29 is 9.90 Å². The SMILES string of the molecule is Cc1ccc(Sc2c(/C=N\NC(=O)c3ccccc3O)c(C)nn2-c2ccccc2)cc1. The van der Waals surface area contributed by atoms with Gasteiger partial charge in [0.05, 0.1) is 28.7 Å². The highest BCUT2D eigenvalue weighted by Crippen LogP contribution is 2.33. The zero-order valence-electron chi connectivity index (χ0n) is 17.7. The smallest absolute Gasteiger partial charge is 0.275 e. The van der Waals surface area contributed by atoms with Crippen LogP contribution in [0.15, 0.2) is 93.9 Å². The second kappa shape index (κ2) is 9.53. The van der Waals surface area contributed by atoms with Gasteiger partial charge in [-0.1, -0.05) is 59.8 Å². The van der Waals surface area contributed by atoms with Gasteiger partial charge in [0.15, 0.2) is 0 Å². The Morgan fingerprint density at radius 2 is 1.69 bits per heavy atom. The first-order valence-corrected chi connectivity index (χ1v) is 10.9. The van der Waals surface area contributed by atoms with E-state index in [1.807, 2.05) is 41.9 Å². The van der Waals surface area contributed by atoms with Gasteiger partial charge in [-0.05, 0) is 50.2 Å². The lowest BCUT2D eigenvalue weighted by Gasteiger charge is -2.08. The molecule has 4 aromatic rings. The monoisotopic (exact) mass is 442 g/mol. The van der Waals surface area contributed by atoms with Crippen molar-refractivity contribution >= 4 is 23.9 Å². The van der Waals surface area contributed by atoms with Crippen molar-refractivity contribution in [1.29, 1.82) is 0 Å². The van der Waals surface area contributed by atoms with Gasteiger partial charge in [-0.3, -0.25) is 4.79 Å². The van der Waals surface area contributed by atoms with Crippen molar-refractivity contribution in [2.45, 2.75) is 23.8 Å². The Kier molecular flexibility index (Phi) is 6.37. The van der Waals surface area contributed by atoms with Crippen LogP contribution < -0.4 is 5.43 Å². The first-order chi connectivity index (χ1) is 15.5. The van der Waals surface area contributed by atoms with Crippen molar-refractivity contribution in [2.75, 3.05) is 0 Å². The minimum atomic E-state index is -0.486. The van der Waals surface area contributed by atoms with Crippen LogP contribution in [0.1, 0.15) is 27.2 Å². The molecule has 0 spiro atoms. The summed E-state index contributed by atoms with van der Waals surface area (Å²) in [4.78, 5) is 13.4. The van der Waals surface area contributed by atoms with E-state index < -0.39 is 5.91 Å². The zero-order valence-corrected chi connectivity index (χ0v) is 18.5. The maximum absolute atomic E-state index is 12.4. The van der Waals surface area contributed by atoms with Gasteiger partial charge >= 0.3 is 0 Å². The molecule has 0 aliphatic carbocycles. The summed E-state index contributed by atoms with van der Waals surface area (Å²) in [7, 11) is 0. The van der Waals surface area contributed by atoms with Crippen LogP contribution in [0.2, 0.25) is 0 Å². The van der Waals surface area contributed by atoms with E-state index in [-0.39, 0.29) is 11.3 Å². The molecular weight excluding hydrogens is 420 g/mol. The summed E-state index contributed by atoms with van der Waals surface area (Å²) in [6.07, 6.45) is 1.59. The summed E-state index contributed by atoms with van der Waals surface area (Å²) in [5, 5.41) is 19.6. The molecule has 0 bridgehead atoms. The summed E-state index contributed by atoms with van der Waals surface area (Å²) in [5.41, 5.74) is 6.36. The van der Waals surface area contributed by atoms with E-state index in [0.29, 0.717) is 0 Å². The number of carbonyl (C=O) groups excluding carboxylic acids is 1. The number of benzene rings is 3. The van der Waals surface area contributed by atoms with Crippen molar-refractivity contribution in [2.24, 2.45) is 5.10 Å². The van der Waals surface area contributed by atoms with Crippen molar-refractivity contribution in [1.82, 2.24) is 15.2 Å². The van der Waals surface area contributed by atoms with Gasteiger partial charge in [0, 0.05) is 4.90 Å². The maximum atomic E-state index is 12.4. The third-order valence-electron chi connectivity index (χ3n) is 4.81. The lowest BCUT2D eigenvalue weighted by atomic mass is 10.2. The molecular formula is C25H22N4O2S. The van der Waals surface area contributed by atoms with E-state index in [1.165, 1.54) is 17.7 Å².